The second kappa shape index (κ2) is 9.82. The van der Waals surface area contributed by atoms with E-state index in [9.17, 15) is 22.0 Å². The molecule has 0 aromatic heterocycles. The Morgan fingerprint density at radius 2 is 1.87 bits per heavy atom. The molecular weight excluding hydrogens is 428 g/mol. The molecule has 1 aliphatic rings. The molecule has 1 saturated heterocycles. The zero-order valence-corrected chi connectivity index (χ0v) is 18.2. The molecule has 0 saturated carbocycles. The van der Waals surface area contributed by atoms with Gasteiger partial charge in [0, 0.05) is 19.6 Å². The maximum absolute atomic E-state index is 14.4. The molecular formula is C21H25F2N3O4S. The number of nitrogens with one attached hydrogen (secondary N) is 1. The Balaban J connectivity index is 1.79. The molecule has 7 nitrogen and oxygen atoms in total. The highest BCUT2D eigenvalue weighted by molar-refractivity contribution is 7.89. The van der Waals surface area contributed by atoms with E-state index < -0.39 is 27.6 Å². The van der Waals surface area contributed by atoms with Gasteiger partial charge in [-0.3, -0.25) is 4.79 Å². The first kappa shape index (κ1) is 23.3. The van der Waals surface area contributed by atoms with Crippen LogP contribution >= 0.6 is 0 Å². The van der Waals surface area contributed by atoms with Gasteiger partial charge >= 0.3 is 0 Å². The van der Waals surface area contributed by atoms with Crippen LogP contribution in [0.1, 0.15) is 22.0 Å². The number of morpholine rings is 1. The number of carbonyl (C=O) groups excluding carboxylic acids is 1. The van der Waals surface area contributed by atoms with E-state index in [1.54, 1.807) is 31.1 Å². The summed E-state index contributed by atoms with van der Waals surface area (Å²) in [5, 5.41) is 2.63. The van der Waals surface area contributed by atoms with Crippen molar-refractivity contribution in [3.63, 3.8) is 0 Å². The van der Waals surface area contributed by atoms with E-state index in [0.717, 1.165) is 18.2 Å². The highest BCUT2D eigenvalue weighted by atomic mass is 32.2. The number of ether oxygens (including phenoxy) is 1. The van der Waals surface area contributed by atoms with Gasteiger partial charge in [0.25, 0.3) is 5.91 Å². The number of sulfonamides is 1. The molecule has 1 aliphatic heterocycles. The van der Waals surface area contributed by atoms with Crippen LogP contribution in [0.4, 0.5) is 8.78 Å². The van der Waals surface area contributed by atoms with Crippen molar-refractivity contribution < 1.29 is 26.7 Å². The molecule has 1 amide bonds. The quantitative estimate of drug-likeness (QED) is 0.694. The number of hydrogen-bond donors (Lipinski definition) is 1. The molecule has 1 N–H and O–H groups in total. The lowest BCUT2D eigenvalue weighted by Gasteiger charge is -2.26. The maximum atomic E-state index is 14.4. The predicted molar refractivity (Wildman–Crippen MR) is 111 cm³/mol. The van der Waals surface area contributed by atoms with E-state index in [0.29, 0.717) is 5.56 Å². The van der Waals surface area contributed by atoms with Gasteiger partial charge in [-0.05, 0) is 50.0 Å². The van der Waals surface area contributed by atoms with Crippen LogP contribution in [0.2, 0.25) is 0 Å². The van der Waals surface area contributed by atoms with Crippen molar-refractivity contribution >= 4 is 15.9 Å². The molecule has 0 aliphatic carbocycles. The predicted octanol–water partition coefficient (Wildman–Crippen LogP) is 2.02. The molecule has 0 radical (unpaired) electrons. The van der Waals surface area contributed by atoms with Gasteiger partial charge < -0.3 is 15.0 Å². The van der Waals surface area contributed by atoms with E-state index in [-0.39, 0.29) is 49.3 Å². The zero-order chi connectivity index (χ0) is 22.6. The zero-order valence-electron chi connectivity index (χ0n) is 17.3. The first-order valence-corrected chi connectivity index (χ1v) is 11.2. The van der Waals surface area contributed by atoms with Crippen molar-refractivity contribution in [2.24, 2.45) is 0 Å². The van der Waals surface area contributed by atoms with Crippen LogP contribution in [0.25, 0.3) is 0 Å². The molecule has 1 unspecified atom stereocenters. The number of halogens is 2. The van der Waals surface area contributed by atoms with Crippen LogP contribution in [-0.2, 0) is 14.8 Å². The highest BCUT2D eigenvalue weighted by Gasteiger charge is 2.28. The fourth-order valence-corrected chi connectivity index (χ4v) is 4.81. The molecule has 2 aromatic rings. The van der Waals surface area contributed by atoms with Crippen LogP contribution < -0.4 is 5.32 Å². The maximum Gasteiger partial charge on any atom is 0.254 e. The Labute approximate surface area is 180 Å². The van der Waals surface area contributed by atoms with E-state index in [2.05, 4.69) is 5.32 Å². The fourth-order valence-electron chi connectivity index (χ4n) is 3.37. The van der Waals surface area contributed by atoms with Gasteiger partial charge in [0.2, 0.25) is 10.0 Å². The van der Waals surface area contributed by atoms with Gasteiger partial charge in [0.15, 0.2) is 0 Å². The number of amides is 1. The number of likely N-dealkylation sites (N-methyl/N-ethyl adjacent to an activating group) is 1. The van der Waals surface area contributed by atoms with Crippen LogP contribution in [0, 0.1) is 11.6 Å². The largest absolute Gasteiger partial charge is 0.379 e. The van der Waals surface area contributed by atoms with Crippen LogP contribution in [-0.4, -0.2) is 70.5 Å². The highest BCUT2D eigenvalue weighted by Crippen LogP contribution is 2.22. The summed E-state index contributed by atoms with van der Waals surface area (Å²) in [5.41, 5.74) is 0.278. The van der Waals surface area contributed by atoms with E-state index in [4.69, 9.17) is 4.74 Å². The van der Waals surface area contributed by atoms with Crippen molar-refractivity contribution in [3.8, 4) is 0 Å². The van der Waals surface area contributed by atoms with Crippen molar-refractivity contribution in [3.05, 3.63) is 65.2 Å². The van der Waals surface area contributed by atoms with Gasteiger partial charge in [-0.25, -0.2) is 17.2 Å². The van der Waals surface area contributed by atoms with Crippen molar-refractivity contribution in [2.75, 3.05) is 46.9 Å². The Bertz CT molecular complexity index is 1040. The summed E-state index contributed by atoms with van der Waals surface area (Å²) in [6.07, 6.45) is 0. The van der Waals surface area contributed by atoms with Crippen LogP contribution in [0.3, 0.4) is 0 Å². The summed E-state index contributed by atoms with van der Waals surface area (Å²) in [6, 6.07) is 8.80. The third kappa shape index (κ3) is 5.45. The number of hydrogen-bond acceptors (Lipinski definition) is 5. The lowest BCUT2D eigenvalue weighted by atomic mass is 10.1. The van der Waals surface area contributed by atoms with E-state index in [1.807, 2.05) is 0 Å². The lowest BCUT2D eigenvalue weighted by Crippen LogP contribution is -2.40. The average Bonchev–Trinajstić information content (AvgIpc) is 2.74. The number of carbonyl (C=O) groups is 1. The molecule has 1 atom stereocenters. The van der Waals surface area contributed by atoms with E-state index >= 15 is 0 Å². The second-order valence-electron chi connectivity index (χ2n) is 7.40. The summed E-state index contributed by atoms with van der Waals surface area (Å²) in [4.78, 5) is 14.3. The normalized spacial score (nSPS) is 16.3. The van der Waals surface area contributed by atoms with Crippen molar-refractivity contribution in [1.82, 2.24) is 14.5 Å². The third-order valence-electron chi connectivity index (χ3n) is 5.10. The molecule has 10 heteroatoms. The Hall–Kier alpha value is -2.40. The number of nitrogens with zero attached hydrogens (tertiary/aromatic N) is 2. The smallest absolute Gasteiger partial charge is 0.254 e. The van der Waals surface area contributed by atoms with Crippen LogP contribution in [0.5, 0.6) is 0 Å². The van der Waals surface area contributed by atoms with Crippen LogP contribution in [0.15, 0.2) is 47.4 Å². The SMILES string of the molecule is CN(C)C(CNC(=O)c1cc(S(=O)(=O)N2CCOCC2)ccc1F)c1cccc(F)c1. The van der Waals surface area contributed by atoms with Gasteiger partial charge in [-0.15, -0.1) is 0 Å². The summed E-state index contributed by atoms with van der Waals surface area (Å²) < 4.78 is 60.0. The first-order chi connectivity index (χ1) is 14.7. The molecule has 1 heterocycles. The molecule has 0 bridgehead atoms. The lowest BCUT2D eigenvalue weighted by molar-refractivity contribution is 0.0730. The first-order valence-electron chi connectivity index (χ1n) is 9.77. The monoisotopic (exact) mass is 453 g/mol. The average molecular weight is 454 g/mol. The molecule has 0 spiro atoms. The second-order valence-corrected chi connectivity index (χ2v) is 9.34. The Kier molecular flexibility index (Phi) is 7.37. The van der Waals surface area contributed by atoms with Crippen molar-refractivity contribution in [1.29, 1.82) is 0 Å². The topological polar surface area (TPSA) is 79.0 Å². The van der Waals surface area contributed by atoms with Gasteiger partial charge in [0.05, 0.1) is 29.7 Å². The Morgan fingerprint density at radius 1 is 1.16 bits per heavy atom. The minimum Gasteiger partial charge on any atom is -0.379 e. The summed E-state index contributed by atoms with van der Waals surface area (Å²) in [7, 11) is -0.319. The minimum atomic E-state index is -3.87. The standard InChI is InChI=1S/C21H25F2N3O4S/c1-25(2)20(15-4-3-5-16(22)12-15)14-24-21(27)18-13-17(6-7-19(18)23)31(28,29)26-8-10-30-11-9-26/h3-7,12-13,20H,8-11,14H2,1-2H3,(H,24,27). The van der Waals surface area contributed by atoms with Gasteiger partial charge in [-0.2, -0.15) is 4.31 Å². The summed E-state index contributed by atoms with van der Waals surface area (Å²) >= 11 is 0. The van der Waals surface area contributed by atoms with Gasteiger partial charge in [0.1, 0.15) is 11.6 Å². The van der Waals surface area contributed by atoms with Gasteiger partial charge in [-0.1, -0.05) is 12.1 Å². The molecule has 31 heavy (non-hydrogen) atoms. The summed E-state index contributed by atoms with van der Waals surface area (Å²) in [5.74, 6) is -1.98. The fraction of sp³-hybridized carbons (Fsp3) is 0.381. The molecule has 2 aromatic carbocycles. The Morgan fingerprint density at radius 3 is 2.52 bits per heavy atom. The van der Waals surface area contributed by atoms with Crippen molar-refractivity contribution in [2.45, 2.75) is 10.9 Å². The molecule has 168 valence electrons. The third-order valence-corrected chi connectivity index (χ3v) is 7.00. The minimum absolute atomic E-state index is 0.0785. The van der Waals surface area contributed by atoms with E-state index in [1.165, 1.54) is 16.4 Å². The molecule has 1 fully saturated rings. The number of rotatable bonds is 7. The number of benzene rings is 2. The summed E-state index contributed by atoms with van der Waals surface area (Å²) in [6.45, 7) is 1.02. The molecule has 3 rings (SSSR count).